The van der Waals surface area contributed by atoms with E-state index in [9.17, 15) is 0 Å². The van der Waals surface area contributed by atoms with Crippen molar-refractivity contribution in [3.05, 3.63) is 60.0 Å². The number of ether oxygens (including phenoxy) is 1. The van der Waals surface area contributed by atoms with Crippen molar-refractivity contribution in [3.63, 3.8) is 0 Å². The summed E-state index contributed by atoms with van der Waals surface area (Å²) < 4.78 is 6.49. The van der Waals surface area contributed by atoms with Crippen LogP contribution in [0.3, 0.4) is 0 Å². The second-order valence-corrected chi connectivity index (χ2v) is 6.77. The second kappa shape index (κ2) is 5.55. The highest BCUT2D eigenvalue weighted by Gasteiger charge is 2.13. The third kappa shape index (κ3) is 2.30. The molecule has 0 N–H and O–H groups in total. The molecular weight excluding hydrogens is 310 g/mol. The molecule has 0 aliphatic carbocycles. The molecule has 4 rings (SSSR count). The third-order valence-electron chi connectivity index (χ3n) is 3.52. The van der Waals surface area contributed by atoms with Crippen molar-refractivity contribution < 1.29 is 4.74 Å². The quantitative estimate of drug-likeness (QED) is 0.482. The lowest BCUT2D eigenvalue weighted by Gasteiger charge is -2.01. The largest absolute Gasteiger partial charge is 0.497 e. The number of thiophene rings is 1. The molecule has 0 aliphatic rings. The fourth-order valence-corrected chi connectivity index (χ4v) is 4.63. The Balaban J connectivity index is 1.80. The molecule has 0 radical (unpaired) electrons. The molecule has 0 atom stereocenters. The van der Waals surface area contributed by atoms with Crippen LogP contribution in [0.4, 0.5) is 0 Å². The van der Waals surface area contributed by atoms with Gasteiger partial charge < -0.3 is 4.74 Å². The monoisotopic (exact) mass is 323 g/mol. The van der Waals surface area contributed by atoms with Gasteiger partial charge in [-0.1, -0.05) is 30.3 Å². The minimum absolute atomic E-state index is 0.880. The summed E-state index contributed by atoms with van der Waals surface area (Å²) in [5.41, 5.74) is 3.47. The van der Waals surface area contributed by atoms with E-state index < -0.39 is 0 Å². The van der Waals surface area contributed by atoms with E-state index in [-0.39, 0.29) is 0 Å². The first-order valence-corrected chi connectivity index (χ1v) is 8.62. The Labute approximate surface area is 136 Å². The van der Waals surface area contributed by atoms with E-state index in [0.717, 1.165) is 16.3 Å². The van der Waals surface area contributed by atoms with E-state index in [1.165, 1.54) is 20.7 Å². The lowest BCUT2D eigenvalue weighted by Crippen LogP contribution is -1.81. The van der Waals surface area contributed by atoms with Crippen LogP contribution in [-0.4, -0.2) is 12.1 Å². The van der Waals surface area contributed by atoms with Gasteiger partial charge >= 0.3 is 0 Å². The van der Waals surface area contributed by atoms with Crippen LogP contribution in [0.5, 0.6) is 5.75 Å². The van der Waals surface area contributed by atoms with Gasteiger partial charge in [0, 0.05) is 10.9 Å². The zero-order valence-corrected chi connectivity index (χ0v) is 13.6. The Bertz CT molecular complexity index is 907. The van der Waals surface area contributed by atoms with Crippen molar-refractivity contribution in [1.82, 2.24) is 4.98 Å². The van der Waals surface area contributed by atoms with E-state index in [2.05, 4.69) is 41.8 Å². The second-order valence-electron chi connectivity index (χ2n) is 4.89. The molecule has 2 aromatic heterocycles. The summed E-state index contributed by atoms with van der Waals surface area (Å²) in [6.45, 7) is 0. The first-order chi connectivity index (χ1) is 10.8. The molecule has 0 spiro atoms. The maximum atomic E-state index is 5.23. The number of thiazole rings is 1. The summed E-state index contributed by atoms with van der Waals surface area (Å²) in [5, 5.41) is 3.21. The van der Waals surface area contributed by atoms with Gasteiger partial charge in [-0.15, -0.1) is 22.7 Å². The maximum Gasteiger partial charge on any atom is 0.124 e. The van der Waals surface area contributed by atoms with Crippen LogP contribution in [0, 0.1) is 0 Å². The van der Waals surface area contributed by atoms with Crippen LogP contribution in [0.25, 0.3) is 31.2 Å². The van der Waals surface area contributed by atoms with Gasteiger partial charge in [-0.2, -0.15) is 0 Å². The Hall–Kier alpha value is -2.17. The van der Waals surface area contributed by atoms with Gasteiger partial charge in [-0.25, -0.2) is 4.98 Å². The lowest BCUT2D eigenvalue weighted by molar-refractivity contribution is 0.415. The normalized spacial score (nSPS) is 11.0. The highest BCUT2D eigenvalue weighted by atomic mass is 32.1. The minimum atomic E-state index is 0.880. The molecule has 2 aromatic carbocycles. The zero-order valence-electron chi connectivity index (χ0n) is 11.9. The molecule has 2 nitrogen and oxygen atoms in total. The highest BCUT2D eigenvalue weighted by molar-refractivity contribution is 7.27. The van der Waals surface area contributed by atoms with Crippen LogP contribution < -0.4 is 4.74 Å². The van der Waals surface area contributed by atoms with Gasteiger partial charge in [0.05, 0.1) is 22.2 Å². The molecule has 0 saturated carbocycles. The maximum absolute atomic E-state index is 5.23. The smallest absolute Gasteiger partial charge is 0.124 e. The molecule has 4 heteroatoms. The number of rotatable bonds is 3. The molecule has 0 unspecified atom stereocenters. The summed E-state index contributed by atoms with van der Waals surface area (Å²) in [4.78, 5) is 6.04. The van der Waals surface area contributed by atoms with Crippen molar-refractivity contribution >= 4 is 32.9 Å². The summed E-state index contributed by atoms with van der Waals surface area (Å²) in [7, 11) is 1.69. The van der Waals surface area contributed by atoms with E-state index >= 15 is 0 Å². The number of hydrogen-bond donors (Lipinski definition) is 0. The number of aromatic nitrogens is 1. The molecular formula is C18H13NOS2. The number of nitrogens with zero attached hydrogens (tertiary/aromatic N) is 1. The molecule has 0 fully saturated rings. The van der Waals surface area contributed by atoms with Gasteiger partial charge in [0.25, 0.3) is 0 Å². The number of fused-ring (bicyclic) bond motifs is 1. The van der Waals surface area contributed by atoms with E-state index in [1.54, 1.807) is 29.8 Å². The van der Waals surface area contributed by atoms with Gasteiger partial charge in [0.2, 0.25) is 0 Å². The van der Waals surface area contributed by atoms with Crippen LogP contribution in [0.1, 0.15) is 0 Å². The Morgan fingerprint density at radius 1 is 0.909 bits per heavy atom. The Kier molecular flexibility index (Phi) is 3.41. The lowest BCUT2D eigenvalue weighted by atomic mass is 10.2. The molecule has 0 amide bonds. The van der Waals surface area contributed by atoms with E-state index in [4.69, 9.17) is 9.72 Å². The third-order valence-corrected chi connectivity index (χ3v) is 5.80. The fraction of sp³-hybridized carbons (Fsp3) is 0.0556. The predicted molar refractivity (Wildman–Crippen MR) is 94.9 cm³/mol. The summed E-state index contributed by atoms with van der Waals surface area (Å²) in [5.74, 6) is 0.880. The van der Waals surface area contributed by atoms with Crippen LogP contribution in [-0.2, 0) is 0 Å². The van der Waals surface area contributed by atoms with E-state index in [1.807, 2.05) is 18.2 Å². The SMILES string of the molecule is COc1ccc(-c2scc3nc(-c4ccccc4)sc23)cc1. The predicted octanol–water partition coefficient (Wildman–Crippen LogP) is 5.70. The number of hydrogen-bond acceptors (Lipinski definition) is 4. The van der Waals surface area contributed by atoms with Gasteiger partial charge in [0.15, 0.2) is 0 Å². The average Bonchev–Trinajstić information content (AvgIpc) is 3.16. The average molecular weight is 323 g/mol. The number of methoxy groups -OCH3 is 1. The van der Waals surface area contributed by atoms with Crippen molar-refractivity contribution in [1.29, 1.82) is 0 Å². The topological polar surface area (TPSA) is 22.1 Å². The molecule has 22 heavy (non-hydrogen) atoms. The van der Waals surface area contributed by atoms with E-state index in [0.29, 0.717) is 0 Å². The van der Waals surface area contributed by atoms with Crippen LogP contribution in [0.2, 0.25) is 0 Å². The van der Waals surface area contributed by atoms with Crippen LogP contribution >= 0.6 is 22.7 Å². The van der Waals surface area contributed by atoms with Crippen molar-refractivity contribution in [2.45, 2.75) is 0 Å². The standard InChI is InChI=1S/C18H13NOS2/c1-20-14-9-7-12(8-10-14)16-17-15(11-21-16)19-18(22-17)13-5-3-2-4-6-13/h2-11H,1H3. The van der Waals surface area contributed by atoms with Crippen LogP contribution in [0.15, 0.2) is 60.0 Å². The fourth-order valence-electron chi connectivity index (χ4n) is 2.39. The van der Waals surface area contributed by atoms with Gasteiger partial charge in [-0.05, 0) is 29.8 Å². The molecule has 2 heterocycles. The molecule has 0 saturated heterocycles. The van der Waals surface area contributed by atoms with Crippen molar-refractivity contribution in [2.24, 2.45) is 0 Å². The Morgan fingerprint density at radius 2 is 1.68 bits per heavy atom. The minimum Gasteiger partial charge on any atom is -0.497 e. The molecule has 108 valence electrons. The first-order valence-electron chi connectivity index (χ1n) is 6.93. The summed E-state index contributed by atoms with van der Waals surface area (Å²) in [6, 6.07) is 18.5. The summed E-state index contributed by atoms with van der Waals surface area (Å²) >= 11 is 3.50. The highest BCUT2D eigenvalue weighted by Crippen LogP contribution is 2.41. The van der Waals surface area contributed by atoms with Crippen molar-refractivity contribution in [2.75, 3.05) is 7.11 Å². The summed E-state index contributed by atoms with van der Waals surface area (Å²) in [6.07, 6.45) is 0. The number of benzene rings is 2. The van der Waals surface area contributed by atoms with Gasteiger partial charge in [0.1, 0.15) is 10.8 Å². The van der Waals surface area contributed by atoms with Crippen molar-refractivity contribution in [3.8, 4) is 26.8 Å². The zero-order chi connectivity index (χ0) is 14.9. The molecule has 0 aliphatic heterocycles. The first kappa shape index (κ1) is 13.5. The molecule has 0 bridgehead atoms. The Morgan fingerprint density at radius 3 is 2.41 bits per heavy atom. The molecule has 4 aromatic rings. The van der Waals surface area contributed by atoms with Gasteiger partial charge in [-0.3, -0.25) is 0 Å².